The van der Waals surface area contributed by atoms with Crippen LogP contribution in [0.1, 0.15) is 48.5 Å². The van der Waals surface area contributed by atoms with Gasteiger partial charge in [0, 0.05) is 37.8 Å². The number of benzene rings is 2. The second-order valence-electron chi connectivity index (χ2n) is 13.8. The Balaban J connectivity index is 0.000000716. The van der Waals surface area contributed by atoms with E-state index in [1.165, 1.54) is 11.1 Å². The summed E-state index contributed by atoms with van der Waals surface area (Å²) in [7, 11) is 0. The number of aliphatic hydroxyl groups is 2. The lowest BCUT2D eigenvalue weighted by atomic mass is 9.91. The Morgan fingerprint density at radius 2 is 1.68 bits per heavy atom. The van der Waals surface area contributed by atoms with Gasteiger partial charge in [-0.15, -0.1) is 10.2 Å². The number of aliphatic carboxylic acids is 1. The fraction of sp³-hybridized carbons (Fsp3) is 0.342. The summed E-state index contributed by atoms with van der Waals surface area (Å²) >= 11 is 0. The number of anilines is 3. The maximum atomic E-state index is 12.8. The molecule has 2 saturated heterocycles. The molecule has 5 atom stereocenters. The minimum Gasteiger partial charge on any atom is -0.475 e. The summed E-state index contributed by atoms with van der Waals surface area (Å²) in [6.07, 6.45) is -4.43. The minimum absolute atomic E-state index is 0.00780. The maximum Gasteiger partial charge on any atom is 0.490 e. The van der Waals surface area contributed by atoms with E-state index < -0.39 is 36.7 Å². The van der Waals surface area contributed by atoms with Gasteiger partial charge in [-0.05, 0) is 41.8 Å². The molecule has 8 rings (SSSR count). The number of halogens is 3. The lowest BCUT2D eigenvalue weighted by molar-refractivity contribution is -0.192. The number of carbonyl (C=O) groups is 2. The van der Waals surface area contributed by atoms with Gasteiger partial charge in [0.2, 0.25) is 11.8 Å². The number of alkyl halides is 3. The first-order valence-corrected chi connectivity index (χ1v) is 18.8. The topological polar surface area (TPSA) is 243 Å². The minimum atomic E-state index is -5.08. The maximum absolute atomic E-state index is 12.8. The number of carbonyl (C=O) groups excluding carboxylic acids is 1. The molecule has 2 amide bonds. The van der Waals surface area contributed by atoms with Crippen molar-refractivity contribution in [3.63, 3.8) is 0 Å². The molecule has 0 radical (unpaired) electrons. The Hall–Kier alpha value is -6.78. The summed E-state index contributed by atoms with van der Waals surface area (Å²) in [4.78, 5) is 43.7. The van der Waals surface area contributed by atoms with Crippen LogP contribution in [0.5, 0.6) is 0 Å². The van der Waals surface area contributed by atoms with Gasteiger partial charge in [-0.1, -0.05) is 60.7 Å². The average Bonchev–Trinajstić information content (AvgIpc) is 4.06. The zero-order chi connectivity index (χ0) is 42.4. The largest absolute Gasteiger partial charge is 0.490 e. The first kappa shape index (κ1) is 41.4. The third kappa shape index (κ3) is 9.40. The van der Waals surface area contributed by atoms with E-state index >= 15 is 0 Å². The highest BCUT2D eigenvalue weighted by molar-refractivity contribution is 5.89. The second kappa shape index (κ2) is 18.0. The number of urea groups is 1. The van der Waals surface area contributed by atoms with Crippen LogP contribution in [0.4, 0.5) is 35.4 Å². The van der Waals surface area contributed by atoms with Crippen LogP contribution in [0.2, 0.25) is 0 Å². The van der Waals surface area contributed by atoms with Gasteiger partial charge in [-0.3, -0.25) is 9.55 Å². The van der Waals surface area contributed by atoms with E-state index in [1.807, 2.05) is 48.2 Å². The fourth-order valence-electron chi connectivity index (χ4n) is 6.81. The number of rotatable bonds is 11. The van der Waals surface area contributed by atoms with Gasteiger partial charge < -0.3 is 40.9 Å². The number of hydrogen-bond acceptors (Lipinski definition) is 14. The number of aromatic nitrogens is 9. The molecule has 2 aliphatic rings. The van der Waals surface area contributed by atoms with Gasteiger partial charge in [0.25, 0.3) is 0 Å². The fourth-order valence-corrected chi connectivity index (χ4v) is 6.81. The lowest BCUT2D eigenvalue weighted by Gasteiger charge is -2.22. The molecule has 6 N–H and O–H groups in total. The molecule has 3 unspecified atom stereocenters. The van der Waals surface area contributed by atoms with Gasteiger partial charge in [0.05, 0.1) is 24.8 Å². The van der Waals surface area contributed by atoms with E-state index in [0.717, 1.165) is 11.1 Å². The molecule has 2 fully saturated rings. The number of aliphatic hydroxyl groups excluding tert-OH is 2. The van der Waals surface area contributed by atoms with Crippen LogP contribution in [0.15, 0.2) is 91.5 Å². The Kier molecular flexibility index (Phi) is 12.4. The number of carboxylic acid groups (broad SMARTS) is 1. The number of nitrogens with zero attached hydrogens (tertiary/aromatic N) is 10. The molecular weight excluding hydrogens is 791 g/mol. The molecule has 4 aromatic heterocycles. The van der Waals surface area contributed by atoms with Crippen LogP contribution in [0.3, 0.4) is 0 Å². The number of fused-ring (bicyclic) bond motifs is 1. The highest BCUT2D eigenvalue weighted by atomic mass is 19.4. The van der Waals surface area contributed by atoms with Gasteiger partial charge in [-0.2, -0.15) is 27.9 Å². The Bertz CT molecular complexity index is 2330. The average molecular weight is 832 g/mol. The number of pyridine rings is 1. The molecule has 0 aliphatic carbocycles. The van der Waals surface area contributed by atoms with Crippen LogP contribution < -0.4 is 20.9 Å². The summed E-state index contributed by atoms with van der Waals surface area (Å²) in [6.45, 7) is 3.88. The zero-order valence-electron chi connectivity index (χ0n) is 31.8. The number of carboxylic acids is 1. The first-order chi connectivity index (χ1) is 28.9. The SMILES string of the molecule is CCn1nnc([C@H]2O[C@@H](n3cnc4c(NCC(c5ccccc5)c5ccccc5)nc(N5CCC(NC(=O)Nc6cccnc6)C5)nc43)C(O)C2O)n1.O=C(O)C(F)(F)F. The second-order valence-corrected chi connectivity index (χ2v) is 13.8. The van der Waals surface area contributed by atoms with E-state index in [1.54, 1.807) is 29.1 Å². The van der Waals surface area contributed by atoms with E-state index in [-0.39, 0.29) is 23.8 Å². The molecule has 314 valence electrons. The van der Waals surface area contributed by atoms with Gasteiger partial charge in [-0.25, -0.2) is 14.6 Å². The molecule has 0 bridgehead atoms. The highest BCUT2D eigenvalue weighted by Gasteiger charge is 2.47. The summed E-state index contributed by atoms with van der Waals surface area (Å²) in [5.74, 6) is -1.70. The molecule has 2 aromatic carbocycles. The van der Waals surface area contributed by atoms with Crippen molar-refractivity contribution in [1.29, 1.82) is 0 Å². The molecule has 0 saturated carbocycles. The number of hydrogen-bond donors (Lipinski definition) is 6. The van der Waals surface area contributed by atoms with Crippen molar-refractivity contribution in [2.75, 3.05) is 35.2 Å². The van der Waals surface area contributed by atoms with Crippen molar-refractivity contribution in [3.05, 3.63) is 108 Å². The Morgan fingerprint density at radius 1 is 0.983 bits per heavy atom. The van der Waals surface area contributed by atoms with Crippen LogP contribution in [-0.4, -0.2) is 116 Å². The van der Waals surface area contributed by atoms with Crippen molar-refractivity contribution in [1.82, 2.24) is 50.0 Å². The molecule has 2 aliphatic heterocycles. The smallest absolute Gasteiger partial charge is 0.475 e. The van der Waals surface area contributed by atoms with Crippen LogP contribution in [-0.2, 0) is 16.1 Å². The number of amides is 2. The molecule has 19 nitrogen and oxygen atoms in total. The Labute approximate surface area is 339 Å². The summed E-state index contributed by atoms with van der Waals surface area (Å²) in [5, 5.41) is 51.2. The lowest BCUT2D eigenvalue weighted by Crippen LogP contribution is -2.40. The van der Waals surface area contributed by atoms with Crippen molar-refractivity contribution in [2.24, 2.45) is 0 Å². The van der Waals surface area contributed by atoms with Crippen molar-refractivity contribution < 1.29 is 42.8 Å². The zero-order valence-corrected chi connectivity index (χ0v) is 31.8. The van der Waals surface area contributed by atoms with Crippen LogP contribution in [0, 0.1) is 0 Å². The first-order valence-electron chi connectivity index (χ1n) is 18.8. The molecule has 6 heterocycles. The highest BCUT2D eigenvalue weighted by Crippen LogP contribution is 2.39. The van der Waals surface area contributed by atoms with E-state index in [2.05, 4.69) is 65.6 Å². The van der Waals surface area contributed by atoms with Gasteiger partial charge in [0.1, 0.15) is 12.2 Å². The Morgan fingerprint density at radius 3 is 2.30 bits per heavy atom. The molecule has 60 heavy (non-hydrogen) atoms. The normalized spacial score (nSPS) is 20.2. The number of imidazole rings is 1. The molecule has 6 aromatic rings. The molecule has 22 heteroatoms. The van der Waals surface area contributed by atoms with Gasteiger partial charge in [0.15, 0.2) is 29.3 Å². The molecule has 0 spiro atoms. The third-order valence-corrected chi connectivity index (χ3v) is 9.77. The van der Waals surface area contributed by atoms with Crippen molar-refractivity contribution >= 4 is 40.6 Å². The van der Waals surface area contributed by atoms with E-state index in [4.69, 9.17) is 24.6 Å². The summed E-state index contributed by atoms with van der Waals surface area (Å²) < 4.78 is 39.5. The van der Waals surface area contributed by atoms with E-state index in [9.17, 15) is 28.2 Å². The molecular formula is C38H40F3N13O6. The van der Waals surface area contributed by atoms with Crippen LogP contribution in [0.25, 0.3) is 11.2 Å². The van der Waals surface area contributed by atoms with Crippen molar-refractivity contribution in [3.8, 4) is 0 Å². The quantitative estimate of drug-likeness (QED) is 0.109. The number of aryl methyl sites for hydroxylation is 1. The predicted octanol–water partition coefficient (Wildman–Crippen LogP) is 3.50. The number of nitrogens with one attached hydrogen (secondary N) is 3. The van der Waals surface area contributed by atoms with E-state index in [0.29, 0.717) is 61.2 Å². The van der Waals surface area contributed by atoms with Gasteiger partial charge >= 0.3 is 18.2 Å². The predicted molar refractivity (Wildman–Crippen MR) is 208 cm³/mol. The summed E-state index contributed by atoms with van der Waals surface area (Å²) in [6, 6.07) is 23.5. The van der Waals surface area contributed by atoms with Crippen LogP contribution >= 0.6 is 0 Å². The summed E-state index contributed by atoms with van der Waals surface area (Å²) in [5.41, 5.74) is 3.72. The number of tetrazole rings is 1. The number of ether oxygens (including phenoxy) is 1. The monoisotopic (exact) mass is 831 g/mol. The van der Waals surface area contributed by atoms with Crippen molar-refractivity contribution in [2.45, 2.75) is 62.6 Å². The third-order valence-electron chi connectivity index (χ3n) is 9.77. The standard InChI is InChI=1S/C36H39N13O4.C2HF3O2/c1-2-49-45-32(44-46-49)30-28(50)29(51)34(53-30)48-21-39-27-31(38-19-26(22-10-5-3-6-11-22)23-12-7-4-8-13-23)42-35(43-33(27)48)47-17-15-25(20-47)41-36(52)40-24-14-9-16-37-18-24;3-2(4,5)1(6)7/h3-14,16,18,21,25-26,28-30,34,50-51H,2,15,17,19-20H2,1H3,(H,38,42,43)(H2,40,41,52);(H,6,7)/t25?,28?,29?,30-,34+;/m0./s1.